The zero-order chi connectivity index (χ0) is 8.13. The molecule has 0 spiro atoms. The van der Waals surface area contributed by atoms with Crippen LogP contribution in [-0.2, 0) is 0 Å². The van der Waals surface area contributed by atoms with Gasteiger partial charge in [-0.25, -0.2) is 0 Å². The molecule has 68 valence electrons. The number of nitrogens with one attached hydrogen (secondary N) is 1. The second-order valence-electron chi connectivity index (χ2n) is 4.95. The smallest absolute Gasteiger partial charge is 0.0173 e. The maximum Gasteiger partial charge on any atom is 0.0173 e. The number of hydrogen-bond acceptors (Lipinski definition) is 2. The second kappa shape index (κ2) is 2.46. The molecular weight excluding hydrogens is 148 g/mol. The van der Waals surface area contributed by atoms with Crippen LogP contribution in [0.3, 0.4) is 0 Å². The Bertz CT molecular complexity index is 178. The first kappa shape index (κ1) is 7.34. The van der Waals surface area contributed by atoms with Crippen molar-refractivity contribution in [2.45, 2.75) is 18.9 Å². The van der Waals surface area contributed by atoms with Gasteiger partial charge in [0.15, 0.2) is 0 Å². The molecule has 2 heteroatoms. The zero-order valence-electron chi connectivity index (χ0n) is 7.79. The predicted octanol–water partition coefficient (Wildman–Crippen LogP) is 0.546. The first-order valence-corrected chi connectivity index (χ1v) is 5.25. The third-order valence-electron chi connectivity index (χ3n) is 4.11. The fraction of sp³-hybridized carbons (Fsp3) is 1.00. The van der Waals surface area contributed by atoms with E-state index in [0.717, 1.165) is 23.8 Å². The summed E-state index contributed by atoms with van der Waals surface area (Å²) in [6.45, 7) is 3.93. The molecule has 4 rings (SSSR count). The van der Waals surface area contributed by atoms with Gasteiger partial charge in [0.1, 0.15) is 0 Å². The van der Waals surface area contributed by atoms with Crippen molar-refractivity contribution >= 4 is 0 Å². The quantitative estimate of drug-likeness (QED) is 0.565. The number of nitrogens with zero attached hydrogens (tertiary/aromatic N) is 1. The normalized spacial score (nSPS) is 52.8. The molecule has 2 unspecified atom stereocenters. The van der Waals surface area contributed by atoms with Crippen LogP contribution in [0.25, 0.3) is 0 Å². The van der Waals surface area contributed by atoms with Crippen molar-refractivity contribution in [2.75, 3.05) is 26.7 Å². The minimum Gasteiger partial charge on any atom is -0.316 e. The Hall–Kier alpha value is -0.0800. The summed E-state index contributed by atoms with van der Waals surface area (Å²) in [6, 6.07) is 0.927. The number of fused-ring (bicyclic) bond motifs is 1. The molecule has 3 heterocycles. The van der Waals surface area contributed by atoms with Crippen LogP contribution in [0.1, 0.15) is 12.8 Å². The van der Waals surface area contributed by atoms with E-state index in [1.54, 1.807) is 0 Å². The summed E-state index contributed by atoms with van der Waals surface area (Å²) in [6.07, 6.45) is 3.00. The summed E-state index contributed by atoms with van der Waals surface area (Å²) in [5.74, 6) is 2.97. The molecule has 1 N–H and O–H groups in total. The molecule has 0 amide bonds. The highest BCUT2D eigenvalue weighted by Gasteiger charge is 2.46. The lowest BCUT2D eigenvalue weighted by atomic mass is 9.65. The van der Waals surface area contributed by atoms with E-state index in [4.69, 9.17) is 0 Å². The van der Waals surface area contributed by atoms with Crippen molar-refractivity contribution in [3.63, 3.8) is 0 Å². The average Bonchev–Trinajstić information content (AvgIpc) is 2.02. The molecule has 12 heavy (non-hydrogen) atoms. The van der Waals surface area contributed by atoms with Gasteiger partial charge in [-0.3, -0.25) is 0 Å². The number of hydrogen-bond donors (Lipinski definition) is 1. The van der Waals surface area contributed by atoms with Gasteiger partial charge in [-0.05, 0) is 50.7 Å². The van der Waals surface area contributed by atoms with Gasteiger partial charge in [0.05, 0.1) is 0 Å². The van der Waals surface area contributed by atoms with Crippen LogP contribution < -0.4 is 5.32 Å². The Morgan fingerprint density at radius 3 is 2.33 bits per heavy atom. The van der Waals surface area contributed by atoms with Gasteiger partial charge < -0.3 is 10.2 Å². The summed E-state index contributed by atoms with van der Waals surface area (Å²) >= 11 is 0. The Morgan fingerprint density at radius 1 is 1.17 bits per heavy atom. The van der Waals surface area contributed by atoms with Gasteiger partial charge in [0.2, 0.25) is 0 Å². The molecule has 1 aliphatic carbocycles. The summed E-state index contributed by atoms with van der Waals surface area (Å²) in [7, 11) is 2.32. The van der Waals surface area contributed by atoms with E-state index >= 15 is 0 Å². The SMILES string of the molecule is CN1CC2CC3CNCC(C2)C31. The van der Waals surface area contributed by atoms with E-state index in [-0.39, 0.29) is 0 Å². The van der Waals surface area contributed by atoms with Crippen molar-refractivity contribution in [3.05, 3.63) is 0 Å². The second-order valence-corrected chi connectivity index (χ2v) is 4.95. The van der Waals surface area contributed by atoms with E-state index in [1.807, 2.05) is 0 Å². The van der Waals surface area contributed by atoms with Crippen molar-refractivity contribution in [2.24, 2.45) is 17.8 Å². The van der Waals surface area contributed by atoms with E-state index < -0.39 is 0 Å². The van der Waals surface area contributed by atoms with Crippen LogP contribution in [0.2, 0.25) is 0 Å². The van der Waals surface area contributed by atoms with Gasteiger partial charge >= 0.3 is 0 Å². The van der Waals surface area contributed by atoms with Crippen LogP contribution in [0.4, 0.5) is 0 Å². The van der Waals surface area contributed by atoms with Gasteiger partial charge in [-0.1, -0.05) is 0 Å². The zero-order valence-corrected chi connectivity index (χ0v) is 7.79. The fourth-order valence-corrected chi connectivity index (χ4v) is 3.88. The molecule has 0 aromatic heterocycles. The monoisotopic (exact) mass is 166 g/mol. The molecule has 4 aliphatic rings. The van der Waals surface area contributed by atoms with Gasteiger partial charge in [0, 0.05) is 12.6 Å². The standard InChI is InChI=1S/C10H18N2/c1-12-6-7-2-8-4-11-5-9(3-7)10(8)12/h7-11H,2-6H2,1H3. The molecule has 2 nitrogen and oxygen atoms in total. The van der Waals surface area contributed by atoms with E-state index in [9.17, 15) is 0 Å². The molecule has 0 aromatic rings. The molecule has 3 saturated heterocycles. The van der Waals surface area contributed by atoms with Crippen LogP contribution in [-0.4, -0.2) is 37.6 Å². The van der Waals surface area contributed by atoms with Crippen molar-refractivity contribution in [1.29, 1.82) is 0 Å². The third kappa shape index (κ3) is 0.882. The summed E-state index contributed by atoms with van der Waals surface area (Å²) in [5.41, 5.74) is 0. The molecule has 4 fully saturated rings. The van der Waals surface area contributed by atoms with Crippen LogP contribution >= 0.6 is 0 Å². The fourth-order valence-electron chi connectivity index (χ4n) is 3.88. The topological polar surface area (TPSA) is 15.3 Å². The predicted molar refractivity (Wildman–Crippen MR) is 49.0 cm³/mol. The number of rotatable bonds is 0. The maximum absolute atomic E-state index is 3.57. The van der Waals surface area contributed by atoms with Gasteiger partial charge in [0.25, 0.3) is 0 Å². The summed E-state index contributed by atoms with van der Waals surface area (Å²) in [4.78, 5) is 2.62. The van der Waals surface area contributed by atoms with E-state index in [1.165, 1.54) is 32.5 Å². The average molecular weight is 166 g/mol. The third-order valence-corrected chi connectivity index (χ3v) is 4.11. The minimum absolute atomic E-state index is 0.927. The lowest BCUT2D eigenvalue weighted by Gasteiger charge is -2.55. The first-order chi connectivity index (χ1) is 5.84. The highest BCUT2D eigenvalue weighted by atomic mass is 15.2. The van der Waals surface area contributed by atoms with Crippen molar-refractivity contribution in [3.8, 4) is 0 Å². The summed E-state index contributed by atoms with van der Waals surface area (Å²) in [5, 5.41) is 3.57. The van der Waals surface area contributed by atoms with Gasteiger partial charge in [-0.15, -0.1) is 0 Å². The first-order valence-electron chi connectivity index (χ1n) is 5.25. The van der Waals surface area contributed by atoms with Crippen molar-refractivity contribution < 1.29 is 0 Å². The molecule has 0 aromatic carbocycles. The molecular formula is C10H18N2. The van der Waals surface area contributed by atoms with E-state index in [0.29, 0.717) is 0 Å². The van der Waals surface area contributed by atoms with E-state index in [2.05, 4.69) is 17.3 Å². The molecule has 4 bridgehead atoms. The van der Waals surface area contributed by atoms with Crippen LogP contribution in [0.5, 0.6) is 0 Å². The number of piperidine rings is 3. The summed E-state index contributed by atoms with van der Waals surface area (Å²) < 4.78 is 0. The van der Waals surface area contributed by atoms with Gasteiger partial charge in [-0.2, -0.15) is 0 Å². The lowest BCUT2D eigenvalue weighted by Crippen LogP contribution is -2.63. The lowest BCUT2D eigenvalue weighted by molar-refractivity contribution is -0.0435. The maximum atomic E-state index is 3.57. The Morgan fingerprint density at radius 2 is 1.83 bits per heavy atom. The molecule has 2 atom stereocenters. The highest BCUT2D eigenvalue weighted by Crippen LogP contribution is 2.43. The Kier molecular flexibility index (Phi) is 1.50. The van der Waals surface area contributed by atoms with Crippen LogP contribution in [0, 0.1) is 17.8 Å². The Balaban J connectivity index is 1.90. The molecule has 3 aliphatic heterocycles. The van der Waals surface area contributed by atoms with Crippen LogP contribution in [0.15, 0.2) is 0 Å². The minimum atomic E-state index is 0.927. The Labute approximate surface area is 74.3 Å². The highest BCUT2D eigenvalue weighted by molar-refractivity contribution is 5.01. The molecule has 0 radical (unpaired) electrons. The van der Waals surface area contributed by atoms with Crippen molar-refractivity contribution in [1.82, 2.24) is 10.2 Å². The largest absolute Gasteiger partial charge is 0.316 e. The molecule has 1 saturated carbocycles.